The topological polar surface area (TPSA) is 75.9 Å². The van der Waals surface area contributed by atoms with Crippen molar-refractivity contribution in [1.82, 2.24) is 19.1 Å². The number of fused-ring (bicyclic) bond motifs is 1. The first kappa shape index (κ1) is 20.7. The van der Waals surface area contributed by atoms with Crippen LogP contribution in [0.4, 0.5) is 5.95 Å². The summed E-state index contributed by atoms with van der Waals surface area (Å²) in [5, 5.41) is 0. The number of aromatic nitrogens is 4. The summed E-state index contributed by atoms with van der Waals surface area (Å²) < 4.78 is 3.50. The lowest BCUT2D eigenvalue weighted by molar-refractivity contribution is 0.529. The second-order valence-corrected chi connectivity index (χ2v) is 8.08. The number of nitrogens with zero attached hydrogens (tertiary/aromatic N) is 4. The Bertz CT molecular complexity index is 873. The van der Waals surface area contributed by atoms with E-state index in [0.29, 0.717) is 11.2 Å². The molecule has 1 aliphatic rings. The lowest BCUT2D eigenvalue weighted by Gasteiger charge is -2.28. The van der Waals surface area contributed by atoms with Crippen molar-refractivity contribution < 1.29 is 0 Å². The molecular formula is C21H35N5O2. The van der Waals surface area contributed by atoms with Crippen LogP contribution in [0.2, 0.25) is 0 Å². The third-order valence-electron chi connectivity index (χ3n) is 5.86. The summed E-state index contributed by atoms with van der Waals surface area (Å²) in [6.45, 7) is 4.95. The molecule has 0 spiro atoms. The zero-order valence-electron chi connectivity index (χ0n) is 17.5. The van der Waals surface area contributed by atoms with Gasteiger partial charge in [0.1, 0.15) is 0 Å². The summed E-state index contributed by atoms with van der Waals surface area (Å²) in [6, 6.07) is 0. The van der Waals surface area contributed by atoms with E-state index < -0.39 is 5.69 Å². The number of hydrogen-bond acceptors (Lipinski definition) is 4. The van der Waals surface area contributed by atoms with Crippen LogP contribution in [0.1, 0.15) is 77.6 Å². The van der Waals surface area contributed by atoms with E-state index in [4.69, 9.17) is 4.98 Å². The van der Waals surface area contributed by atoms with Gasteiger partial charge in [-0.05, 0) is 25.7 Å². The van der Waals surface area contributed by atoms with E-state index >= 15 is 0 Å². The van der Waals surface area contributed by atoms with Gasteiger partial charge in [0.2, 0.25) is 5.95 Å². The van der Waals surface area contributed by atoms with E-state index in [1.807, 2.05) is 0 Å². The van der Waals surface area contributed by atoms with Crippen LogP contribution in [0.5, 0.6) is 0 Å². The van der Waals surface area contributed by atoms with Crippen molar-refractivity contribution >= 4 is 17.1 Å². The summed E-state index contributed by atoms with van der Waals surface area (Å²) >= 11 is 0. The van der Waals surface area contributed by atoms with Crippen molar-refractivity contribution in [3.05, 3.63) is 20.8 Å². The molecule has 0 radical (unpaired) electrons. The Kier molecular flexibility index (Phi) is 7.34. The van der Waals surface area contributed by atoms with Crippen LogP contribution in [0.15, 0.2) is 9.59 Å². The Morgan fingerprint density at radius 3 is 2.25 bits per heavy atom. The first-order chi connectivity index (χ1) is 13.6. The second-order valence-electron chi connectivity index (χ2n) is 8.08. The van der Waals surface area contributed by atoms with Gasteiger partial charge in [0, 0.05) is 26.7 Å². The number of imidazole rings is 1. The maximum absolute atomic E-state index is 12.6. The Morgan fingerprint density at radius 1 is 0.929 bits per heavy atom. The minimum Gasteiger partial charge on any atom is -0.342 e. The molecule has 7 heteroatoms. The smallest absolute Gasteiger partial charge is 0.329 e. The van der Waals surface area contributed by atoms with E-state index in [9.17, 15) is 9.59 Å². The molecule has 2 aromatic heterocycles. The predicted molar refractivity (Wildman–Crippen MR) is 114 cm³/mol. The molecule has 0 aromatic carbocycles. The number of H-pyrrole nitrogens is 1. The van der Waals surface area contributed by atoms with Gasteiger partial charge >= 0.3 is 5.69 Å². The summed E-state index contributed by atoms with van der Waals surface area (Å²) in [4.78, 5) is 34.0. The van der Waals surface area contributed by atoms with Gasteiger partial charge in [-0.25, -0.2) is 4.79 Å². The highest BCUT2D eigenvalue weighted by Crippen LogP contribution is 2.23. The summed E-state index contributed by atoms with van der Waals surface area (Å²) in [5.41, 5.74) is 0.298. The Hall–Kier alpha value is -2.05. The average molecular weight is 390 g/mol. The highest BCUT2D eigenvalue weighted by Gasteiger charge is 2.22. The molecule has 7 nitrogen and oxygen atoms in total. The third kappa shape index (κ3) is 4.67. The minimum atomic E-state index is -0.403. The van der Waals surface area contributed by atoms with Crippen LogP contribution < -0.4 is 16.1 Å². The Morgan fingerprint density at radius 2 is 1.57 bits per heavy atom. The lowest BCUT2D eigenvalue weighted by atomic mass is 10.1. The van der Waals surface area contributed by atoms with E-state index in [1.165, 1.54) is 49.5 Å². The van der Waals surface area contributed by atoms with Crippen molar-refractivity contribution in [1.29, 1.82) is 0 Å². The fourth-order valence-electron chi connectivity index (χ4n) is 4.17. The molecule has 0 aliphatic carbocycles. The van der Waals surface area contributed by atoms with Crippen LogP contribution in [0.3, 0.4) is 0 Å². The fourth-order valence-corrected chi connectivity index (χ4v) is 4.17. The number of hydrogen-bond donors (Lipinski definition) is 1. The molecule has 156 valence electrons. The van der Waals surface area contributed by atoms with Crippen molar-refractivity contribution in [2.24, 2.45) is 7.05 Å². The standard InChI is InChI=1S/C21H35N5O2/c1-3-4-5-6-7-8-9-13-16-26-17-18(24(2)21(28)23-19(17)27)22-20(26)25-14-11-10-12-15-25/h3-16H2,1-2H3,(H,23,27,28). The van der Waals surface area contributed by atoms with Crippen LogP contribution in [0.25, 0.3) is 11.2 Å². The molecule has 1 fully saturated rings. The fraction of sp³-hybridized carbons (Fsp3) is 0.762. The van der Waals surface area contributed by atoms with Crippen LogP contribution in [-0.4, -0.2) is 32.2 Å². The van der Waals surface area contributed by atoms with E-state index in [1.54, 1.807) is 7.05 Å². The molecule has 1 N–H and O–H groups in total. The summed E-state index contributed by atoms with van der Waals surface area (Å²) in [6.07, 6.45) is 13.5. The van der Waals surface area contributed by atoms with Crippen LogP contribution in [-0.2, 0) is 13.6 Å². The lowest BCUT2D eigenvalue weighted by Crippen LogP contribution is -2.32. The molecule has 3 rings (SSSR count). The Balaban J connectivity index is 1.76. The molecule has 0 atom stereocenters. The molecule has 1 aliphatic heterocycles. The number of aromatic amines is 1. The molecule has 0 saturated carbocycles. The van der Waals surface area contributed by atoms with Gasteiger partial charge in [0.15, 0.2) is 11.2 Å². The average Bonchev–Trinajstić information content (AvgIpc) is 3.09. The van der Waals surface area contributed by atoms with Crippen molar-refractivity contribution in [3.63, 3.8) is 0 Å². The maximum Gasteiger partial charge on any atom is 0.329 e. The monoisotopic (exact) mass is 389 g/mol. The first-order valence-corrected chi connectivity index (χ1v) is 11.1. The van der Waals surface area contributed by atoms with E-state index in [0.717, 1.165) is 51.3 Å². The first-order valence-electron chi connectivity index (χ1n) is 11.1. The SMILES string of the molecule is CCCCCCCCCCn1c(N2CCCCC2)nc2c1c(=O)[nH]c(=O)n2C. The molecule has 0 unspecified atom stereocenters. The van der Waals surface area contributed by atoms with Crippen molar-refractivity contribution in [2.75, 3.05) is 18.0 Å². The van der Waals surface area contributed by atoms with Gasteiger partial charge in [-0.2, -0.15) is 4.98 Å². The van der Waals surface area contributed by atoms with Crippen LogP contribution in [0, 0.1) is 0 Å². The largest absolute Gasteiger partial charge is 0.342 e. The zero-order valence-corrected chi connectivity index (χ0v) is 17.5. The molecule has 1 saturated heterocycles. The van der Waals surface area contributed by atoms with Crippen molar-refractivity contribution in [3.8, 4) is 0 Å². The number of anilines is 1. The predicted octanol–water partition coefficient (Wildman–Crippen LogP) is 3.55. The Labute approximate surface area is 166 Å². The van der Waals surface area contributed by atoms with Crippen LogP contribution >= 0.6 is 0 Å². The highest BCUT2D eigenvalue weighted by atomic mass is 16.2. The van der Waals surface area contributed by atoms with Gasteiger partial charge in [0.05, 0.1) is 0 Å². The number of rotatable bonds is 10. The van der Waals surface area contributed by atoms with E-state index in [-0.39, 0.29) is 5.56 Å². The third-order valence-corrected chi connectivity index (χ3v) is 5.86. The maximum atomic E-state index is 12.6. The molecular weight excluding hydrogens is 354 g/mol. The quantitative estimate of drug-likeness (QED) is 0.631. The van der Waals surface area contributed by atoms with Gasteiger partial charge in [-0.15, -0.1) is 0 Å². The van der Waals surface area contributed by atoms with Gasteiger partial charge in [0.25, 0.3) is 5.56 Å². The highest BCUT2D eigenvalue weighted by molar-refractivity contribution is 5.74. The zero-order chi connectivity index (χ0) is 19.9. The number of aryl methyl sites for hydroxylation is 2. The number of piperidine rings is 1. The van der Waals surface area contributed by atoms with Gasteiger partial charge in [-0.1, -0.05) is 51.9 Å². The normalized spacial score (nSPS) is 14.9. The van der Waals surface area contributed by atoms with Gasteiger partial charge in [-0.3, -0.25) is 14.3 Å². The molecule has 3 heterocycles. The molecule has 0 bridgehead atoms. The number of unbranched alkanes of at least 4 members (excludes halogenated alkanes) is 7. The summed E-state index contributed by atoms with van der Waals surface area (Å²) in [5.74, 6) is 0.851. The van der Waals surface area contributed by atoms with Crippen molar-refractivity contribution in [2.45, 2.75) is 84.1 Å². The molecule has 2 aromatic rings. The second kappa shape index (κ2) is 9.94. The van der Waals surface area contributed by atoms with Gasteiger partial charge < -0.3 is 9.47 Å². The molecule has 0 amide bonds. The summed E-state index contributed by atoms with van der Waals surface area (Å²) in [7, 11) is 1.67. The van der Waals surface area contributed by atoms with E-state index in [2.05, 4.69) is 21.4 Å². The molecule has 28 heavy (non-hydrogen) atoms. The minimum absolute atomic E-state index is 0.326. The number of nitrogens with one attached hydrogen (secondary N) is 1.